The standard InChI is InChI=1S/C10H17N5/c1-4-15(6-5-11)10-9(7-12)8(2)13-14(10)3/h4-6,11H2,1-3H3. The molecule has 15 heavy (non-hydrogen) atoms. The van der Waals surface area contributed by atoms with Crippen LogP contribution in [0.15, 0.2) is 0 Å². The van der Waals surface area contributed by atoms with Crippen LogP contribution in [0.3, 0.4) is 0 Å². The van der Waals surface area contributed by atoms with Gasteiger partial charge in [-0.05, 0) is 13.8 Å². The highest BCUT2D eigenvalue weighted by atomic mass is 15.4. The first-order chi connectivity index (χ1) is 7.15. The Morgan fingerprint density at radius 3 is 2.73 bits per heavy atom. The molecule has 0 saturated heterocycles. The number of nitriles is 1. The Balaban J connectivity index is 3.16. The first kappa shape index (κ1) is 11.5. The molecule has 0 amide bonds. The Labute approximate surface area is 90.1 Å². The normalized spacial score (nSPS) is 10.1. The minimum absolute atomic E-state index is 0.572. The number of likely N-dealkylation sites (N-methyl/N-ethyl adjacent to an activating group) is 1. The third-order valence-corrected chi connectivity index (χ3v) is 2.38. The number of nitrogens with zero attached hydrogens (tertiary/aromatic N) is 4. The molecule has 0 aliphatic rings. The van der Waals surface area contributed by atoms with E-state index in [0.29, 0.717) is 12.1 Å². The lowest BCUT2D eigenvalue weighted by Crippen LogP contribution is -2.31. The van der Waals surface area contributed by atoms with Crippen molar-refractivity contribution in [2.45, 2.75) is 13.8 Å². The number of aryl methyl sites for hydroxylation is 2. The number of aromatic nitrogens is 2. The van der Waals surface area contributed by atoms with Gasteiger partial charge >= 0.3 is 0 Å². The van der Waals surface area contributed by atoms with E-state index in [1.807, 2.05) is 20.9 Å². The summed E-state index contributed by atoms with van der Waals surface area (Å²) in [5, 5.41) is 13.3. The minimum atomic E-state index is 0.572. The predicted molar refractivity (Wildman–Crippen MR) is 59.6 cm³/mol. The predicted octanol–water partition coefficient (Wildman–Crippen LogP) is 0.385. The summed E-state index contributed by atoms with van der Waals surface area (Å²) in [5.41, 5.74) is 6.95. The van der Waals surface area contributed by atoms with Crippen molar-refractivity contribution in [3.05, 3.63) is 11.3 Å². The van der Waals surface area contributed by atoms with Crippen LogP contribution in [0.4, 0.5) is 5.82 Å². The van der Waals surface area contributed by atoms with Gasteiger partial charge in [0.25, 0.3) is 0 Å². The highest BCUT2D eigenvalue weighted by molar-refractivity contribution is 5.56. The van der Waals surface area contributed by atoms with E-state index in [-0.39, 0.29) is 0 Å². The lowest BCUT2D eigenvalue weighted by Gasteiger charge is -2.22. The molecule has 0 atom stereocenters. The molecule has 5 heteroatoms. The largest absolute Gasteiger partial charge is 0.355 e. The van der Waals surface area contributed by atoms with Gasteiger partial charge in [-0.25, -0.2) is 0 Å². The van der Waals surface area contributed by atoms with Gasteiger partial charge in [-0.3, -0.25) is 4.68 Å². The smallest absolute Gasteiger partial charge is 0.145 e. The highest BCUT2D eigenvalue weighted by Gasteiger charge is 2.17. The second kappa shape index (κ2) is 4.80. The van der Waals surface area contributed by atoms with Gasteiger partial charge in [0.15, 0.2) is 0 Å². The van der Waals surface area contributed by atoms with Gasteiger partial charge in [-0.15, -0.1) is 0 Å². The summed E-state index contributed by atoms with van der Waals surface area (Å²) in [6.45, 7) is 6.02. The van der Waals surface area contributed by atoms with Crippen molar-refractivity contribution in [1.29, 1.82) is 5.26 Å². The number of rotatable bonds is 4. The third-order valence-electron chi connectivity index (χ3n) is 2.38. The van der Waals surface area contributed by atoms with Gasteiger partial charge in [-0.2, -0.15) is 10.4 Å². The lowest BCUT2D eigenvalue weighted by molar-refractivity contribution is 0.705. The van der Waals surface area contributed by atoms with Crippen molar-refractivity contribution < 1.29 is 0 Å². The minimum Gasteiger partial charge on any atom is -0.355 e. The molecule has 0 saturated carbocycles. The second-order valence-corrected chi connectivity index (χ2v) is 3.39. The van der Waals surface area contributed by atoms with Crippen LogP contribution in [-0.4, -0.2) is 29.4 Å². The summed E-state index contributed by atoms with van der Waals surface area (Å²) in [5.74, 6) is 0.864. The van der Waals surface area contributed by atoms with E-state index in [9.17, 15) is 0 Å². The molecule has 0 fully saturated rings. The number of nitrogens with two attached hydrogens (primary N) is 1. The van der Waals surface area contributed by atoms with E-state index in [2.05, 4.69) is 16.1 Å². The van der Waals surface area contributed by atoms with Crippen molar-refractivity contribution >= 4 is 5.82 Å². The molecule has 5 nitrogen and oxygen atoms in total. The van der Waals surface area contributed by atoms with E-state index in [0.717, 1.165) is 24.6 Å². The summed E-state index contributed by atoms with van der Waals surface area (Å²) in [6, 6.07) is 2.19. The maximum absolute atomic E-state index is 9.06. The average molecular weight is 207 g/mol. The van der Waals surface area contributed by atoms with Gasteiger partial charge in [0, 0.05) is 26.7 Å². The van der Waals surface area contributed by atoms with Crippen LogP contribution in [0.25, 0.3) is 0 Å². The van der Waals surface area contributed by atoms with E-state index in [4.69, 9.17) is 11.0 Å². The number of anilines is 1. The number of hydrogen-bond acceptors (Lipinski definition) is 4. The summed E-state index contributed by atoms with van der Waals surface area (Å²) in [6.07, 6.45) is 0. The monoisotopic (exact) mass is 207 g/mol. The van der Waals surface area contributed by atoms with Crippen LogP contribution in [0.2, 0.25) is 0 Å². The molecule has 1 aromatic heterocycles. The van der Waals surface area contributed by atoms with Crippen LogP contribution >= 0.6 is 0 Å². The fourth-order valence-corrected chi connectivity index (χ4v) is 1.71. The van der Waals surface area contributed by atoms with E-state index < -0.39 is 0 Å². The summed E-state index contributed by atoms with van der Waals surface area (Å²) in [7, 11) is 1.85. The lowest BCUT2D eigenvalue weighted by atomic mass is 10.2. The molecule has 0 radical (unpaired) electrons. The molecule has 82 valence electrons. The van der Waals surface area contributed by atoms with E-state index in [1.165, 1.54) is 0 Å². The van der Waals surface area contributed by atoms with E-state index >= 15 is 0 Å². The first-order valence-electron chi connectivity index (χ1n) is 5.04. The van der Waals surface area contributed by atoms with Crippen molar-refractivity contribution in [3.8, 4) is 6.07 Å². The Morgan fingerprint density at radius 2 is 2.27 bits per heavy atom. The summed E-state index contributed by atoms with van der Waals surface area (Å²) >= 11 is 0. The zero-order chi connectivity index (χ0) is 11.4. The summed E-state index contributed by atoms with van der Waals surface area (Å²) < 4.78 is 1.74. The molecule has 0 aliphatic heterocycles. The fraction of sp³-hybridized carbons (Fsp3) is 0.600. The van der Waals surface area contributed by atoms with Gasteiger partial charge in [0.05, 0.1) is 5.69 Å². The molecule has 1 aromatic rings. The van der Waals surface area contributed by atoms with Gasteiger partial charge in [0.2, 0.25) is 0 Å². The van der Waals surface area contributed by atoms with Gasteiger partial charge < -0.3 is 10.6 Å². The van der Waals surface area contributed by atoms with E-state index in [1.54, 1.807) is 4.68 Å². The molecule has 1 rings (SSSR count). The van der Waals surface area contributed by atoms with Gasteiger partial charge in [-0.1, -0.05) is 0 Å². The second-order valence-electron chi connectivity index (χ2n) is 3.39. The average Bonchev–Trinajstić information content (AvgIpc) is 2.49. The van der Waals surface area contributed by atoms with Crippen LogP contribution < -0.4 is 10.6 Å². The molecule has 0 unspecified atom stereocenters. The molecule has 1 heterocycles. The molecule has 0 aromatic carbocycles. The fourth-order valence-electron chi connectivity index (χ4n) is 1.71. The SMILES string of the molecule is CCN(CCN)c1c(C#N)c(C)nn1C. The zero-order valence-electron chi connectivity index (χ0n) is 9.49. The van der Waals surface area contributed by atoms with Crippen molar-refractivity contribution in [2.24, 2.45) is 12.8 Å². The molecule has 0 spiro atoms. The zero-order valence-corrected chi connectivity index (χ0v) is 9.49. The van der Waals surface area contributed by atoms with Crippen molar-refractivity contribution in [3.63, 3.8) is 0 Å². The Bertz CT molecular complexity index is 374. The van der Waals surface area contributed by atoms with Crippen molar-refractivity contribution in [2.75, 3.05) is 24.5 Å². The Hall–Kier alpha value is -1.54. The van der Waals surface area contributed by atoms with Gasteiger partial charge in [0.1, 0.15) is 17.5 Å². The third kappa shape index (κ3) is 2.10. The van der Waals surface area contributed by atoms with Crippen LogP contribution in [0.1, 0.15) is 18.2 Å². The van der Waals surface area contributed by atoms with Crippen molar-refractivity contribution in [1.82, 2.24) is 9.78 Å². The maximum atomic E-state index is 9.06. The maximum Gasteiger partial charge on any atom is 0.145 e. The van der Waals surface area contributed by atoms with Crippen LogP contribution in [-0.2, 0) is 7.05 Å². The Morgan fingerprint density at radius 1 is 1.60 bits per heavy atom. The molecular weight excluding hydrogens is 190 g/mol. The summed E-state index contributed by atoms with van der Waals surface area (Å²) in [4.78, 5) is 2.07. The molecule has 0 bridgehead atoms. The topological polar surface area (TPSA) is 70.9 Å². The van der Waals surface area contributed by atoms with Crippen LogP contribution in [0.5, 0.6) is 0 Å². The molecule has 2 N–H and O–H groups in total. The van der Waals surface area contributed by atoms with Crippen LogP contribution in [0, 0.1) is 18.3 Å². The highest BCUT2D eigenvalue weighted by Crippen LogP contribution is 2.21. The molecule has 0 aliphatic carbocycles. The molecular formula is C10H17N5. The Kier molecular flexibility index (Phi) is 3.69. The number of hydrogen-bond donors (Lipinski definition) is 1. The first-order valence-corrected chi connectivity index (χ1v) is 5.04. The quantitative estimate of drug-likeness (QED) is 0.775.